The number of H-pyrrole nitrogens is 1. The molecule has 104 valence electrons. The summed E-state index contributed by atoms with van der Waals surface area (Å²) in [5, 5.41) is 23.4. The van der Waals surface area contributed by atoms with Crippen LogP contribution in [0.2, 0.25) is 5.02 Å². The van der Waals surface area contributed by atoms with Gasteiger partial charge in [0.25, 0.3) is 0 Å². The van der Waals surface area contributed by atoms with Crippen LogP contribution in [0.15, 0.2) is 42.5 Å². The fourth-order valence-electron chi connectivity index (χ4n) is 2.02. The number of tetrazole rings is 1. The first-order valence-electron chi connectivity index (χ1n) is 6.02. The van der Waals surface area contributed by atoms with Crippen LogP contribution in [-0.2, 0) is 0 Å². The largest absolute Gasteiger partial charge is 0.478 e. The summed E-state index contributed by atoms with van der Waals surface area (Å²) in [7, 11) is 0. The molecule has 0 fully saturated rings. The highest BCUT2D eigenvalue weighted by Crippen LogP contribution is 2.31. The van der Waals surface area contributed by atoms with Gasteiger partial charge in [-0.3, -0.25) is 0 Å². The van der Waals surface area contributed by atoms with Gasteiger partial charge >= 0.3 is 5.97 Å². The summed E-state index contributed by atoms with van der Waals surface area (Å²) in [5.41, 5.74) is 2.11. The molecule has 3 aromatic rings. The Hall–Kier alpha value is -2.73. The molecule has 1 heterocycles. The Bertz CT molecular complexity index is 802. The van der Waals surface area contributed by atoms with Crippen LogP contribution in [0.1, 0.15) is 10.4 Å². The van der Waals surface area contributed by atoms with Crippen molar-refractivity contribution in [2.24, 2.45) is 0 Å². The molecule has 0 atom stereocenters. The first-order valence-corrected chi connectivity index (χ1v) is 6.40. The second-order valence-corrected chi connectivity index (χ2v) is 4.73. The number of carbonyl (C=O) groups is 1. The summed E-state index contributed by atoms with van der Waals surface area (Å²) in [5.74, 6) is -0.708. The highest BCUT2D eigenvalue weighted by Gasteiger charge is 2.13. The number of rotatable bonds is 3. The number of carboxylic acid groups (broad SMARTS) is 1. The molecule has 0 saturated carbocycles. The van der Waals surface area contributed by atoms with Crippen molar-refractivity contribution in [1.29, 1.82) is 0 Å². The molecule has 0 aliphatic heterocycles. The average Bonchev–Trinajstić information content (AvgIpc) is 3.01. The quantitative estimate of drug-likeness (QED) is 0.776. The van der Waals surface area contributed by atoms with Crippen molar-refractivity contribution in [2.75, 3.05) is 0 Å². The van der Waals surface area contributed by atoms with Gasteiger partial charge in [-0.15, -0.1) is 10.2 Å². The van der Waals surface area contributed by atoms with Crippen LogP contribution in [0.4, 0.5) is 0 Å². The molecule has 0 spiro atoms. The molecule has 2 aromatic carbocycles. The normalized spacial score (nSPS) is 10.5. The van der Waals surface area contributed by atoms with Crippen molar-refractivity contribution in [2.45, 2.75) is 0 Å². The van der Waals surface area contributed by atoms with Crippen LogP contribution in [0.3, 0.4) is 0 Å². The molecule has 0 unspecified atom stereocenters. The van der Waals surface area contributed by atoms with Crippen molar-refractivity contribution in [1.82, 2.24) is 20.6 Å². The molecule has 7 heteroatoms. The van der Waals surface area contributed by atoms with Crippen molar-refractivity contribution in [3.8, 4) is 22.5 Å². The smallest absolute Gasteiger partial charge is 0.335 e. The molecule has 0 radical (unpaired) electrons. The fourth-order valence-corrected chi connectivity index (χ4v) is 2.26. The van der Waals surface area contributed by atoms with Crippen molar-refractivity contribution >= 4 is 17.6 Å². The standard InChI is InChI=1S/C14H9ClN4O2/c15-12-4-2-1-3-11(12)8-5-9(13-16-18-19-17-13)7-10(6-8)14(20)21/h1-7H,(H,20,21)(H,16,17,18,19). The lowest BCUT2D eigenvalue weighted by atomic mass is 9.99. The third kappa shape index (κ3) is 2.61. The highest BCUT2D eigenvalue weighted by atomic mass is 35.5. The van der Waals surface area contributed by atoms with Gasteiger partial charge in [-0.2, -0.15) is 5.21 Å². The predicted octanol–water partition coefficient (Wildman–Crippen LogP) is 2.89. The Balaban J connectivity index is 2.21. The van der Waals surface area contributed by atoms with Gasteiger partial charge in [0.1, 0.15) is 0 Å². The van der Waals surface area contributed by atoms with Gasteiger partial charge in [0, 0.05) is 16.1 Å². The minimum atomic E-state index is -1.03. The molecule has 2 N–H and O–H groups in total. The van der Waals surface area contributed by atoms with E-state index in [0.717, 1.165) is 5.56 Å². The van der Waals surface area contributed by atoms with E-state index in [-0.39, 0.29) is 5.56 Å². The first-order chi connectivity index (χ1) is 10.1. The average molecular weight is 301 g/mol. The van der Waals surface area contributed by atoms with E-state index in [2.05, 4.69) is 20.6 Å². The molecule has 3 rings (SSSR count). The Labute approximate surface area is 124 Å². The topological polar surface area (TPSA) is 91.8 Å². The minimum Gasteiger partial charge on any atom is -0.478 e. The Morgan fingerprint density at radius 2 is 1.90 bits per heavy atom. The Morgan fingerprint density at radius 3 is 2.57 bits per heavy atom. The lowest BCUT2D eigenvalue weighted by Crippen LogP contribution is -1.98. The molecule has 0 amide bonds. The number of halogens is 1. The van der Waals surface area contributed by atoms with E-state index in [1.165, 1.54) is 6.07 Å². The van der Waals surface area contributed by atoms with Gasteiger partial charge < -0.3 is 5.11 Å². The summed E-state index contributed by atoms with van der Waals surface area (Å²) < 4.78 is 0. The third-order valence-electron chi connectivity index (χ3n) is 2.97. The molecule has 0 aliphatic rings. The van der Waals surface area contributed by atoms with Crippen LogP contribution in [0.25, 0.3) is 22.5 Å². The molecule has 0 aliphatic carbocycles. The van der Waals surface area contributed by atoms with E-state index in [4.69, 9.17) is 11.6 Å². The van der Waals surface area contributed by atoms with E-state index >= 15 is 0 Å². The number of carboxylic acids is 1. The molecule has 21 heavy (non-hydrogen) atoms. The van der Waals surface area contributed by atoms with Gasteiger partial charge in [-0.25, -0.2) is 4.79 Å². The molecule has 1 aromatic heterocycles. The van der Waals surface area contributed by atoms with Crippen LogP contribution in [0.5, 0.6) is 0 Å². The summed E-state index contributed by atoms with van der Waals surface area (Å²) in [6.07, 6.45) is 0. The number of aromatic amines is 1. The van der Waals surface area contributed by atoms with E-state index < -0.39 is 5.97 Å². The number of hydrogen-bond acceptors (Lipinski definition) is 4. The Kier molecular flexibility index (Phi) is 3.37. The number of benzene rings is 2. The SMILES string of the molecule is O=C(O)c1cc(-c2nn[nH]n2)cc(-c2ccccc2Cl)c1. The van der Waals surface area contributed by atoms with Gasteiger partial charge in [-0.1, -0.05) is 29.8 Å². The first kappa shape index (κ1) is 13.3. The second-order valence-electron chi connectivity index (χ2n) is 4.32. The summed E-state index contributed by atoms with van der Waals surface area (Å²) in [6.45, 7) is 0. The van der Waals surface area contributed by atoms with E-state index in [0.29, 0.717) is 22.0 Å². The summed E-state index contributed by atoms with van der Waals surface area (Å²) in [6, 6.07) is 12.1. The van der Waals surface area contributed by atoms with E-state index in [1.807, 2.05) is 18.2 Å². The van der Waals surface area contributed by atoms with Crippen LogP contribution < -0.4 is 0 Å². The lowest BCUT2D eigenvalue weighted by molar-refractivity contribution is 0.0697. The zero-order valence-electron chi connectivity index (χ0n) is 10.6. The highest BCUT2D eigenvalue weighted by molar-refractivity contribution is 6.33. The fraction of sp³-hybridized carbons (Fsp3) is 0. The maximum atomic E-state index is 11.3. The van der Waals surface area contributed by atoms with Crippen molar-refractivity contribution in [3.63, 3.8) is 0 Å². The van der Waals surface area contributed by atoms with Gasteiger partial charge in [0.05, 0.1) is 5.56 Å². The van der Waals surface area contributed by atoms with E-state index in [1.54, 1.807) is 18.2 Å². The molecule has 0 saturated heterocycles. The van der Waals surface area contributed by atoms with Gasteiger partial charge in [0.2, 0.25) is 5.82 Å². The predicted molar refractivity (Wildman–Crippen MR) is 77.0 cm³/mol. The van der Waals surface area contributed by atoms with Crippen molar-refractivity contribution in [3.05, 3.63) is 53.1 Å². The number of hydrogen-bond donors (Lipinski definition) is 2. The minimum absolute atomic E-state index is 0.132. The molecular weight excluding hydrogens is 292 g/mol. The number of nitrogens with one attached hydrogen (secondary N) is 1. The van der Waals surface area contributed by atoms with Crippen molar-refractivity contribution < 1.29 is 9.90 Å². The molecule has 0 bridgehead atoms. The summed E-state index contributed by atoms with van der Waals surface area (Å²) >= 11 is 6.17. The molecular formula is C14H9ClN4O2. The zero-order valence-corrected chi connectivity index (χ0v) is 11.4. The second kappa shape index (κ2) is 5.34. The molecule has 6 nitrogen and oxygen atoms in total. The monoisotopic (exact) mass is 300 g/mol. The number of nitrogens with zero attached hydrogens (tertiary/aromatic N) is 3. The maximum absolute atomic E-state index is 11.3. The number of aromatic carboxylic acids is 1. The van der Waals surface area contributed by atoms with Gasteiger partial charge in [-0.05, 0) is 35.0 Å². The maximum Gasteiger partial charge on any atom is 0.335 e. The number of aromatic nitrogens is 4. The van der Waals surface area contributed by atoms with Crippen LogP contribution in [-0.4, -0.2) is 31.7 Å². The van der Waals surface area contributed by atoms with E-state index in [9.17, 15) is 9.90 Å². The third-order valence-corrected chi connectivity index (χ3v) is 3.30. The van der Waals surface area contributed by atoms with Gasteiger partial charge in [0.15, 0.2) is 0 Å². The Morgan fingerprint density at radius 1 is 1.14 bits per heavy atom. The zero-order chi connectivity index (χ0) is 14.8. The summed E-state index contributed by atoms with van der Waals surface area (Å²) in [4.78, 5) is 11.3. The lowest BCUT2D eigenvalue weighted by Gasteiger charge is -2.07. The van der Waals surface area contributed by atoms with Crippen LogP contribution >= 0.6 is 11.6 Å². The van der Waals surface area contributed by atoms with Crippen LogP contribution in [0, 0.1) is 0 Å².